The van der Waals surface area contributed by atoms with Crippen molar-refractivity contribution in [1.29, 1.82) is 0 Å². The predicted octanol–water partition coefficient (Wildman–Crippen LogP) is 3.08. The van der Waals surface area contributed by atoms with Gasteiger partial charge in [-0.25, -0.2) is 0 Å². The van der Waals surface area contributed by atoms with E-state index in [1.807, 2.05) is 62.4 Å². The molecule has 2 rings (SSSR count). The molecule has 0 bridgehead atoms. The second kappa shape index (κ2) is 7.34. The van der Waals surface area contributed by atoms with Crippen LogP contribution in [0.5, 0.6) is 0 Å². The lowest BCUT2D eigenvalue weighted by molar-refractivity contribution is -0.121. The highest BCUT2D eigenvalue weighted by molar-refractivity contribution is 5.91. The lowest BCUT2D eigenvalue weighted by atomic mass is 9.85. The molecule has 0 heterocycles. The molecule has 0 fully saturated rings. The third-order valence-corrected chi connectivity index (χ3v) is 4.28. The van der Waals surface area contributed by atoms with Crippen molar-refractivity contribution in [3.8, 4) is 0 Å². The summed E-state index contributed by atoms with van der Waals surface area (Å²) >= 11 is 0. The Hall–Kier alpha value is -1.97. The van der Waals surface area contributed by atoms with E-state index in [1.54, 1.807) is 0 Å². The molecule has 0 spiro atoms. The molecule has 22 heavy (non-hydrogen) atoms. The zero-order valence-electron chi connectivity index (χ0n) is 13.3. The van der Waals surface area contributed by atoms with Crippen LogP contribution < -0.4 is 11.5 Å². The van der Waals surface area contributed by atoms with Gasteiger partial charge in [0.25, 0.3) is 0 Å². The maximum Gasteiger partial charge on any atom is 0.147 e. The van der Waals surface area contributed by atoms with Crippen LogP contribution in [-0.2, 0) is 17.9 Å². The Balaban J connectivity index is 2.13. The van der Waals surface area contributed by atoms with Crippen molar-refractivity contribution in [2.45, 2.75) is 38.8 Å². The number of hydrogen-bond acceptors (Lipinski definition) is 3. The van der Waals surface area contributed by atoms with Crippen LogP contribution >= 0.6 is 0 Å². The molecular weight excluding hydrogens is 272 g/mol. The van der Waals surface area contributed by atoms with Crippen LogP contribution in [0.1, 0.15) is 47.9 Å². The minimum atomic E-state index is -0.129. The van der Waals surface area contributed by atoms with Gasteiger partial charge < -0.3 is 11.5 Å². The summed E-state index contributed by atoms with van der Waals surface area (Å²) in [7, 11) is 0. The maximum atomic E-state index is 12.7. The van der Waals surface area contributed by atoms with E-state index in [0.717, 1.165) is 22.3 Å². The lowest BCUT2D eigenvalue weighted by Crippen LogP contribution is -2.16. The minimum absolute atomic E-state index is 0.129. The molecule has 3 nitrogen and oxygen atoms in total. The van der Waals surface area contributed by atoms with Gasteiger partial charge in [0.2, 0.25) is 0 Å². The average Bonchev–Trinajstić information content (AvgIpc) is 2.60. The highest BCUT2D eigenvalue weighted by Crippen LogP contribution is 2.26. The molecule has 0 aliphatic heterocycles. The smallest absolute Gasteiger partial charge is 0.147 e. The number of hydrogen-bond donors (Lipinski definition) is 2. The number of rotatable bonds is 6. The first-order valence-corrected chi connectivity index (χ1v) is 7.68. The second-order valence-corrected chi connectivity index (χ2v) is 5.74. The minimum Gasteiger partial charge on any atom is -0.326 e. The fourth-order valence-electron chi connectivity index (χ4n) is 2.59. The molecule has 0 saturated carbocycles. The second-order valence-electron chi connectivity index (χ2n) is 5.74. The summed E-state index contributed by atoms with van der Waals surface area (Å²) in [6, 6.07) is 15.9. The molecule has 0 radical (unpaired) electrons. The zero-order valence-corrected chi connectivity index (χ0v) is 13.3. The Bertz CT molecular complexity index is 561. The lowest BCUT2D eigenvalue weighted by Gasteiger charge is -2.17. The van der Waals surface area contributed by atoms with Crippen molar-refractivity contribution >= 4 is 5.78 Å². The number of carbonyl (C=O) groups is 1. The van der Waals surface area contributed by atoms with Crippen molar-refractivity contribution in [2.75, 3.05) is 0 Å². The molecule has 0 saturated heterocycles. The van der Waals surface area contributed by atoms with Gasteiger partial charge in [0, 0.05) is 24.9 Å². The number of Topliss-reactive ketones (excluding diaryl/α,β-unsaturated/α-hetero) is 1. The zero-order chi connectivity index (χ0) is 16.1. The topological polar surface area (TPSA) is 69.1 Å². The van der Waals surface area contributed by atoms with Crippen molar-refractivity contribution in [3.63, 3.8) is 0 Å². The summed E-state index contributed by atoms with van der Waals surface area (Å²) in [6.45, 7) is 4.97. The quantitative estimate of drug-likeness (QED) is 0.860. The number of carbonyl (C=O) groups excluding carboxylic acids is 1. The third kappa shape index (κ3) is 3.62. The Kier molecular flexibility index (Phi) is 5.47. The molecule has 3 heteroatoms. The van der Waals surface area contributed by atoms with E-state index in [0.29, 0.717) is 13.1 Å². The van der Waals surface area contributed by atoms with Crippen LogP contribution in [0, 0.1) is 0 Å². The predicted molar refractivity (Wildman–Crippen MR) is 90.5 cm³/mol. The summed E-state index contributed by atoms with van der Waals surface area (Å²) in [6.07, 6.45) is 0. The molecule has 2 atom stereocenters. The Morgan fingerprint density at radius 3 is 1.36 bits per heavy atom. The summed E-state index contributed by atoms with van der Waals surface area (Å²) in [5, 5.41) is 0. The van der Waals surface area contributed by atoms with Crippen molar-refractivity contribution < 1.29 is 4.79 Å². The Morgan fingerprint density at radius 2 is 1.09 bits per heavy atom. The maximum absolute atomic E-state index is 12.7. The molecule has 116 valence electrons. The molecule has 0 aromatic heterocycles. The van der Waals surface area contributed by atoms with Gasteiger partial charge in [-0.2, -0.15) is 0 Å². The normalized spacial score (nSPS) is 13.6. The highest BCUT2D eigenvalue weighted by Gasteiger charge is 2.22. The van der Waals surface area contributed by atoms with Gasteiger partial charge in [-0.05, 0) is 22.3 Å². The monoisotopic (exact) mass is 296 g/mol. The summed E-state index contributed by atoms with van der Waals surface area (Å²) in [5.74, 6) is -0.0342. The van der Waals surface area contributed by atoms with Crippen LogP contribution in [0.25, 0.3) is 0 Å². The fraction of sp³-hybridized carbons (Fsp3) is 0.316. The SMILES string of the molecule is CC(C(=O)C(C)c1ccc(CN)cc1)c1ccc(CN)cc1. The standard InChI is InChI=1S/C19H24N2O/c1-13(17-7-3-15(11-20)4-8-17)19(22)14(2)18-9-5-16(12-21)6-10-18/h3-10,13-14H,11-12,20-21H2,1-2H3. The highest BCUT2D eigenvalue weighted by atomic mass is 16.1. The van der Waals surface area contributed by atoms with E-state index in [2.05, 4.69) is 0 Å². The van der Waals surface area contributed by atoms with Crippen LogP contribution in [0.2, 0.25) is 0 Å². The van der Waals surface area contributed by atoms with E-state index >= 15 is 0 Å². The first-order chi connectivity index (χ1) is 10.6. The van der Waals surface area contributed by atoms with Crippen molar-refractivity contribution in [3.05, 3.63) is 70.8 Å². The molecule has 2 aromatic carbocycles. The fourth-order valence-corrected chi connectivity index (χ4v) is 2.59. The van der Waals surface area contributed by atoms with Crippen molar-refractivity contribution in [1.82, 2.24) is 0 Å². The third-order valence-electron chi connectivity index (χ3n) is 4.28. The molecule has 2 unspecified atom stereocenters. The van der Waals surface area contributed by atoms with Crippen LogP contribution in [0.4, 0.5) is 0 Å². The van der Waals surface area contributed by atoms with Crippen LogP contribution in [0.15, 0.2) is 48.5 Å². The molecular formula is C19H24N2O. The summed E-state index contributed by atoms with van der Waals surface area (Å²) in [4.78, 5) is 12.7. The number of nitrogens with two attached hydrogens (primary N) is 2. The molecule has 2 aromatic rings. The average molecular weight is 296 g/mol. The largest absolute Gasteiger partial charge is 0.326 e. The summed E-state index contributed by atoms with van der Waals surface area (Å²) in [5.41, 5.74) is 15.4. The van der Waals surface area contributed by atoms with Gasteiger partial charge in [0.1, 0.15) is 5.78 Å². The van der Waals surface area contributed by atoms with Crippen LogP contribution in [-0.4, -0.2) is 5.78 Å². The van der Waals surface area contributed by atoms with E-state index in [9.17, 15) is 4.79 Å². The number of benzene rings is 2. The van der Waals surface area contributed by atoms with Gasteiger partial charge in [-0.3, -0.25) is 4.79 Å². The van der Waals surface area contributed by atoms with Gasteiger partial charge in [0.05, 0.1) is 0 Å². The summed E-state index contributed by atoms with van der Waals surface area (Å²) < 4.78 is 0. The van der Waals surface area contributed by atoms with Gasteiger partial charge >= 0.3 is 0 Å². The van der Waals surface area contributed by atoms with E-state index in [-0.39, 0.29) is 17.6 Å². The van der Waals surface area contributed by atoms with E-state index in [4.69, 9.17) is 11.5 Å². The molecule has 0 amide bonds. The Morgan fingerprint density at radius 1 is 0.773 bits per heavy atom. The Labute approximate surface area is 132 Å². The molecule has 0 aliphatic rings. The van der Waals surface area contributed by atoms with E-state index in [1.165, 1.54) is 0 Å². The number of ketones is 1. The van der Waals surface area contributed by atoms with Crippen LogP contribution in [0.3, 0.4) is 0 Å². The van der Waals surface area contributed by atoms with Crippen molar-refractivity contribution in [2.24, 2.45) is 11.5 Å². The molecule has 4 N–H and O–H groups in total. The van der Waals surface area contributed by atoms with Gasteiger partial charge in [-0.1, -0.05) is 62.4 Å². The first-order valence-electron chi connectivity index (χ1n) is 7.68. The van der Waals surface area contributed by atoms with Gasteiger partial charge in [0.15, 0.2) is 0 Å². The molecule has 0 aliphatic carbocycles. The van der Waals surface area contributed by atoms with E-state index < -0.39 is 0 Å². The first kappa shape index (κ1) is 16.4. The van der Waals surface area contributed by atoms with Gasteiger partial charge in [-0.15, -0.1) is 0 Å².